The summed E-state index contributed by atoms with van der Waals surface area (Å²) in [5.74, 6) is 0.353. The van der Waals surface area contributed by atoms with Crippen LogP contribution in [-0.4, -0.2) is 24.9 Å². The molecule has 0 aliphatic carbocycles. The number of fused-ring (bicyclic) bond motifs is 3. The number of hydrogen-bond donors (Lipinski definition) is 0. The van der Waals surface area contributed by atoms with Gasteiger partial charge in [0.05, 0.1) is 11.6 Å². The van der Waals surface area contributed by atoms with Crippen LogP contribution in [0.15, 0.2) is 71.5 Å². The van der Waals surface area contributed by atoms with Crippen LogP contribution >= 0.6 is 0 Å². The van der Waals surface area contributed by atoms with E-state index >= 15 is 0 Å². The summed E-state index contributed by atoms with van der Waals surface area (Å²) in [5.41, 5.74) is 5.46. The van der Waals surface area contributed by atoms with Crippen LogP contribution in [0.25, 0.3) is 27.9 Å². The van der Waals surface area contributed by atoms with Gasteiger partial charge in [0.25, 0.3) is 0 Å². The number of hydrogen-bond acceptors (Lipinski definition) is 4. The van der Waals surface area contributed by atoms with E-state index in [1.807, 2.05) is 87.5 Å². The Balaban J connectivity index is 1.72. The molecule has 0 bridgehead atoms. The molecule has 3 aromatic carbocycles. The zero-order valence-corrected chi connectivity index (χ0v) is 19.0. The molecule has 164 valence electrons. The Morgan fingerprint density at radius 1 is 0.909 bits per heavy atom. The zero-order chi connectivity index (χ0) is 23.3. The van der Waals surface area contributed by atoms with Crippen LogP contribution in [0.4, 0.5) is 0 Å². The average Bonchev–Trinajstić information content (AvgIpc) is 3.27. The number of ketones is 1. The third kappa shape index (κ3) is 3.44. The van der Waals surface area contributed by atoms with E-state index in [0.29, 0.717) is 22.6 Å². The summed E-state index contributed by atoms with van der Waals surface area (Å²) in [6.45, 7) is 7.76. The third-order valence-corrected chi connectivity index (χ3v) is 6.27. The monoisotopic (exact) mass is 436 g/mol. The van der Waals surface area contributed by atoms with Gasteiger partial charge in [-0.3, -0.25) is 9.36 Å². The summed E-state index contributed by atoms with van der Waals surface area (Å²) in [5, 5.41) is 5.29. The Hall–Kier alpha value is -4.06. The molecule has 5 aromatic rings. The van der Waals surface area contributed by atoms with E-state index in [1.165, 1.54) is 9.08 Å². The quantitative estimate of drug-likeness (QED) is 0.369. The Morgan fingerprint density at radius 3 is 2.36 bits per heavy atom. The van der Waals surface area contributed by atoms with E-state index in [2.05, 4.69) is 10.1 Å². The first kappa shape index (κ1) is 20.8. The van der Waals surface area contributed by atoms with Crippen LogP contribution in [0.3, 0.4) is 0 Å². The van der Waals surface area contributed by atoms with Gasteiger partial charge < -0.3 is 0 Å². The summed E-state index contributed by atoms with van der Waals surface area (Å²) in [6, 6.07) is 20.3. The fourth-order valence-corrected chi connectivity index (χ4v) is 4.15. The summed E-state index contributed by atoms with van der Waals surface area (Å²) in [6.07, 6.45) is 0. The number of carbonyl (C=O) groups excluding carboxylic acids is 1. The molecular formula is C27H24N4O2. The highest BCUT2D eigenvalue weighted by molar-refractivity contribution is 6.00. The molecular weight excluding hydrogens is 412 g/mol. The summed E-state index contributed by atoms with van der Waals surface area (Å²) < 4.78 is 2.83. The van der Waals surface area contributed by atoms with Crippen molar-refractivity contribution in [3.8, 4) is 11.4 Å². The van der Waals surface area contributed by atoms with Gasteiger partial charge in [-0.15, -0.1) is 5.10 Å². The van der Waals surface area contributed by atoms with Crippen molar-refractivity contribution in [2.24, 2.45) is 0 Å². The molecule has 0 aliphatic rings. The molecule has 0 N–H and O–H groups in total. The van der Waals surface area contributed by atoms with E-state index in [9.17, 15) is 9.59 Å². The van der Waals surface area contributed by atoms with Crippen molar-refractivity contribution in [3.05, 3.63) is 99.5 Å². The number of rotatable bonds is 4. The van der Waals surface area contributed by atoms with Gasteiger partial charge in [-0.05, 0) is 57.0 Å². The summed E-state index contributed by atoms with van der Waals surface area (Å²) in [7, 11) is 0. The lowest BCUT2D eigenvalue weighted by atomic mass is 10.00. The maximum Gasteiger partial charge on any atom is 0.351 e. The molecule has 0 saturated heterocycles. The van der Waals surface area contributed by atoms with Crippen molar-refractivity contribution in [2.75, 3.05) is 0 Å². The first-order valence-corrected chi connectivity index (χ1v) is 10.9. The lowest BCUT2D eigenvalue weighted by molar-refractivity contribution is 0.0934. The largest absolute Gasteiger partial charge is 0.351 e. The molecule has 0 aliphatic heterocycles. The van der Waals surface area contributed by atoms with Gasteiger partial charge in [-0.1, -0.05) is 54.1 Å². The number of benzene rings is 3. The molecule has 2 aromatic heterocycles. The van der Waals surface area contributed by atoms with Crippen LogP contribution < -0.4 is 5.69 Å². The summed E-state index contributed by atoms with van der Waals surface area (Å²) in [4.78, 5) is 31.7. The second kappa shape index (κ2) is 7.81. The van der Waals surface area contributed by atoms with E-state index in [-0.39, 0.29) is 11.5 Å². The van der Waals surface area contributed by atoms with Gasteiger partial charge in [0.15, 0.2) is 17.3 Å². The van der Waals surface area contributed by atoms with Crippen molar-refractivity contribution in [3.63, 3.8) is 0 Å². The number of carbonyl (C=O) groups is 1. The maximum atomic E-state index is 13.6. The molecule has 0 saturated carbocycles. The minimum atomic E-state index is -0.707. The minimum absolute atomic E-state index is 0.122. The third-order valence-electron chi connectivity index (χ3n) is 6.27. The Kier molecular flexibility index (Phi) is 4.93. The lowest BCUT2D eigenvalue weighted by Crippen LogP contribution is -2.33. The van der Waals surface area contributed by atoms with Gasteiger partial charge in [0.2, 0.25) is 0 Å². The van der Waals surface area contributed by atoms with Crippen LogP contribution in [0.2, 0.25) is 0 Å². The highest BCUT2D eigenvalue weighted by atomic mass is 16.2. The van der Waals surface area contributed by atoms with Crippen molar-refractivity contribution in [1.82, 2.24) is 19.2 Å². The fourth-order valence-electron chi connectivity index (χ4n) is 4.15. The molecule has 0 unspecified atom stereocenters. The molecule has 5 rings (SSSR count). The van der Waals surface area contributed by atoms with Crippen LogP contribution in [0.5, 0.6) is 0 Å². The predicted octanol–water partition coefficient (Wildman–Crippen LogP) is 5.08. The average molecular weight is 437 g/mol. The van der Waals surface area contributed by atoms with Crippen molar-refractivity contribution < 1.29 is 4.79 Å². The van der Waals surface area contributed by atoms with Crippen LogP contribution in [0, 0.1) is 20.8 Å². The molecule has 0 radical (unpaired) electrons. The molecule has 0 spiro atoms. The van der Waals surface area contributed by atoms with Gasteiger partial charge in [0.1, 0.15) is 0 Å². The smallest absolute Gasteiger partial charge is 0.292 e. The number of Topliss-reactive ketones (excluding diaryl/α,β-unsaturated/α-hetero) is 1. The van der Waals surface area contributed by atoms with E-state index in [4.69, 9.17) is 0 Å². The Bertz CT molecular complexity index is 1590. The Labute approximate surface area is 191 Å². The number of nitrogens with zero attached hydrogens (tertiary/aromatic N) is 4. The van der Waals surface area contributed by atoms with Gasteiger partial charge in [-0.2, -0.15) is 4.52 Å². The fraction of sp³-hybridized carbons (Fsp3) is 0.185. The second-order valence-electron chi connectivity index (χ2n) is 8.55. The maximum absolute atomic E-state index is 13.6. The van der Waals surface area contributed by atoms with Crippen LogP contribution in [0.1, 0.15) is 40.0 Å². The van der Waals surface area contributed by atoms with E-state index < -0.39 is 6.04 Å². The normalized spacial score (nSPS) is 12.4. The number of aromatic nitrogens is 4. The summed E-state index contributed by atoms with van der Waals surface area (Å²) >= 11 is 0. The van der Waals surface area contributed by atoms with Gasteiger partial charge in [-0.25, -0.2) is 9.78 Å². The molecule has 6 heteroatoms. The highest BCUT2D eigenvalue weighted by Crippen LogP contribution is 2.25. The van der Waals surface area contributed by atoms with E-state index in [1.54, 1.807) is 6.92 Å². The minimum Gasteiger partial charge on any atom is -0.292 e. The van der Waals surface area contributed by atoms with Crippen molar-refractivity contribution in [1.29, 1.82) is 0 Å². The molecule has 6 nitrogen and oxygen atoms in total. The molecule has 0 amide bonds. The SMILES string of the molecule is Cc1ccc(-c2nc3c4ccccc4n([C@H](C)C(=O)c4ccc(C)c(C)c4)c(=O)n3n2)cc1. The predicted molar refractivity (Wildman–Crippen MR) is 130 cm³/mol. The highest BCUT2D eigenvalue weighted by Gasteiger charge is 2.24. The van der Waals surface area contributed by atoms with Gasteiger partial charge >= 0.3 is 5.69 Å². The standard InChI is InChI=1S/C27H24N4O2/c1-16-9-12-20(13-10-16)25-28-26-22-7-5-6-8-23(22)30(27(33)31(26)29-25)19(4)24(32)21-14-11-17(2)18(3)15-21/h5-15,19H,1-4H3/t19-/m1/s1. The Morgan fingerprint density at radius 2 is 1.64 bits per heavy atom. The molecule has 1 atom stereocenters. The second-order valence-corrected chi connectivity index (χ2v) is 8.55. The topological polar surface area (TPSA) is 69.3 Å². The number of aryl methyl sites for hydroxylation is 3. The van der Waals surface area contributed by atoms with Crippen molar-refractivity contribution >= 4 is 22.3 Å². The van der Waals surface area contributed by atoms with E-state index in [0.717, 1.165) is 27.6 Å². The van der Waals surface area contributed by atoms with Crippen LogP contribution in [-0.2, 0) is 0 Å². The molecule has 0 fully saturated rings. The van der Waals surface area contributed by atoms with Crippen molar-refractivity contribution in [2.45, 2.75) is 33.7 Å². The lowest BCUT2D eigenvalue weighted by Gasteiger charge is -2.17. The molecule has 2 heterocycles. The first-order valence-electron chi connectivity index (χ1n) is 10.9. The zero-order valence-electron chi connectivity index (χ0n) is 19.0. The first-order chi connectivity index (χ1) is 15.8. The molecule has 33 heavy (non-hydrogen) atoms. The van der Waals surface area contributed by atoms with Gasteiger partial charge in [0, 0.05) is 16.5 Å². The number of para-hydroxylation sites is 1.